The van der Waals surface area contributed by atoms with Crippen molar-refractivity contribution in [3.63, 3.8) is 0 Å². The fraction of sp³-hybridized carbons (Fsp3) is 0.429. The van der Waals surface area contributed by atoms with E-state index in [1.807, 2.05) is 21.6 Å². The summed E-state index contributed by atoms with van der Waals surface area (Å²) < 4.78 is 2.39. The fourth-order valence-electron chi connectivity index (χ4n) is 2.57. The van der Waals surface area contributed by atoms with E-state index in [1.54, 1.807) is 12.4 Å². The molecule has 0 spiro atoms. The molecule has 1 fully saturated rings. The molecule has 0 aliphatic carbocycles. The predicted octanol–water partition coefficient (Wildman–Crippen LogP) is 2.02. The molecule has 0 atom stereocenters. The lowest BCUT2D eigenvalue weighted by atomic mass is 10.2. The number of nitrogens with zero attached hydrogens (tertiary/aromatic N) is 4. The van der Waals surface area contributed by atoms with Crippen LogP contribution in [0.1, 0.15) is 19.3 Å². The molecule has 0 aromatic carbocycles. The Kier molecular flexibility index (Phi) is 4.10. The topological polar surface area (TPSA) is 66.8 Å². The first-order valence-corrected chi connectivity index (χ1v) is 7.50. The molecule has 0 saturated carbocycles. The summed E-state index contributed by atoms with van der Waals surface area (Å²) >= 11 is 5.26. The summed E-state index contributed by atoms with van der Waals surface area (Å²) in [4.78, 5) is 18.2. The van der Waals surface area contributed by atoms with E-state index in [4.69, 9.17) is 12.2 Å². The van der Waals surface area contributed by atoms with Gasteiger partial charge < -0.3 is 4.90 Å². The molecule has 1 N–H and O–H groups in total. The Hall–Kier alpha value is -2.02. The van der Waals surface area contributed by atoms with Crippen LogP contribution >= 0.6 is 12.2 Å². The van der Waals surface area contributed by atoms with Crippen LogP contribution in [0.15, 0.2) is 24.5 Å². The molecule has 2 aromatic rings. The van der Waals surface area contributed by atoms with Crippen LogP contribution in [0.4, 0.5) is 0 Å². The summed E-state index contributed by atoms with van der Waals surface area (Å²) in [5.41, 5.74) is 0.887. The number of amides is 1. The van der Waals surface area contributed by atoms with Gasteiger partial charge in [0.15, 0.2) is 10.6 Å². The van der Waals surface area contributed by atoms with Gasteiger partial charge in [-0.25, -0.2) is 0 Å². The van der Waals surface area contributed by atoms with E-state index in [9.17, 15) is 4.79 Å². The molecule has 2 aromatic heterocycles. The fourth-order valence-corrected chi connectivity index (χ4v) is 2.80. The number of aromatic nitrogens is 4. The zero-order chi connectivity index (χ0) is 14.7. The minimum atomic E-state index is 0.188. The third kappa shape index (κ3) is 3.02. The number of aromatic amines is 1. The highest BCUT2D eigenvalue weighted by Crippen LogP contribution is 2.17. The smallest absolute Gasteiger partial charge is 0.224 e. The Morgan fingerprint density at radius 1 is 1.38 bits per heavy atom. The van der Waals surface area contributed by atoms with E-state index in [2.05, 4.69) is 15.2 Å². The summed E-state index contributed by atoms with van der Waals surface area (Å²) in [6.07, 6.45) is 6.12. The van der Waals surface area contributed by atoms with Gasteiger partial charge in [-0.3, -0.25) is 19.4 Å². The van der Waals surface area contributed by atoms with Crippen LogP contribution < -0.4 is 0 Å². The van der Waals surface area contributed by atoms with Crippen LogP contribution in [0.25, 0.3) is 11.4 Å². The molecule has 0 radical (unpaired) electrons. The number of hydrogen-bond acceptors (Lipinski definition) is 4. The maximum atomic E-state index is 12.1. The number of rotatable bonds is 4. The zero-order valence-electron chi connectivity index (χ0n) is 11.7. The number of carbonyl (C=O) groups is 1. The van der Waals surface area contributed by atoms with Crippen LogP contribution in [-0.4, -0.2) is 43.6 Å². The summed E-state index contributed by atoms with van der Waals surface area (Å²) in [6.45, 7) is 2.30. The molecule has 3 heterocycles. The third-order valence-corrected chi connectivity index (χ3v) is 4.00. The molecule has 0 bridgehead atoms. The van der Waals surface area contributed by atoms with Gasteiger partial charge in [-0.15, -0.1) is 0 Å². The predicted molar refractivity (Wildman–Crippen MR) is 81.1 cm³/mol. The maximum Gasteiger partial charge on any atom is 0.224 e. The van der Waals surface area contributed by atoms with Gasteiger partial charge in [0, 0.05) is 44.0 Å². The third-order valence-electron chi connectivity index (χ3n) is 3.69. The quantitative estimate of drug-likeness (QED) is 0.878. The highest BCUT2D eigenvalue weighted by Gasteiger charge is 2.18. The molecule has 1 aliphatic heterocycles. The van der Waals surface area contributed by atoms with Crippen LogP contribution in [-0.2, 0) is 11.3 Å². The Morgan fingerprint density at radius 3 is 2.90 bits per heavy atom. The van der Waals surface area contributed by atoms with Crippen LogP contribution in [0, 0.1) is 4.77 Å². The lowest BCUT2D eigenvalue weighted by Crippen LogP contribution is -2.28. The molecule has 1 amide bonds. The number of hydrogen-bond donors (Lipinski definition) is 1. The Labute approximate surface area is 127 Å². The summed E-state index contributed by atoms with van der Waals surface area (Å²) in [6, 6.07) is 3.78. The van der Waals surface area contributed by atoms with Gasteiger partial charge in [-0.2, -0.15) is 5.10 Å². The van der Waals surface area contributed by atoms with Crippen molar-refractivity contribution in [3.05, 3.63) is 29.3 Å². The van der Waals surface area contributed by atoms with Gasteiger partial charge in [0.25, 0.3) is 0 Å². The molecule has 0 unspecified atom stereocenters. The highest BCUT2D eigenvalue weighted by atomic mass is 32.1. The Balaban J connectivity index is 1.75. The lowest BCUT2D eigenvalue weighted by Gasteiger charge is -2.15. The van der Waals surface area contributed by atoms with Gasteiger partial charge in [-0.05, 0) is 37.2 Å². The molecule has 110 valence electrons. The lowest BCUT2D eigenvalue weighted by molar-refractivity contribution is -0.130. The van der Waals surface area contributed by atoms with E-state index in [1.165, 1.54) is 0 Å². The molecule has 7 heteroatoms. The first-order chi connectivity index (χ1) is 10.3. The van der Waals surface area contributed by atoms with Gasteiger partial charge in [0.2, 0.25) is 5.91 Å². The van der Waals surface area contributed by atoms with E-state index in [0.717, 1.165) is 37.3 Å². The van der Waals surface area contributed by atoms with E-state index >= 15 is 0 Å². The molecular formula is C14H17N5OS. The number of likely N-dealkylation sites (tertiary alicyclic amines) is 1. The van der Waals surface area contributed by atoms with E-state index in [-0.39, 0.29) is 5.91 Å². The van der Waals surface area contributed by atoms with Crippen molar-refractivity contribution in [1.29, 1.82) is 0 Å². The van der Waals surface area contributed by atoms with E-state index < -0.39 is 0 Å². The number of nitrogens with one attached hydrogen (secondary N) is 1. The summed E-state index contributed by atoms with van der Waals surface area (Å²) in [5, 5.41) is 7.03. The first-order valence-electron chi connectivity index (χ1n) is 7.09. The van der Waals surface area contributed by atoms with Crippen molar-refractivity contribution in [3.8, 4) is 11.4 Å². The first kappa shape index (κ1) is 13.9. The second-order valence-corrected chi connectivity index (χ2v) is 5.47. The van der Waals surface area contributed by atoms with Crippen molar-refractivity contribution >= 4 is 18.1 Å². The average molecular weight is 303 g/mol. The van der Waals surface area contributed by atoms with Gasteiger partial charge in [0.1, 0.15) is 0 Å². The SMILES string of the molecule is O=C(CCn1c(-c2cccnc2)n[nH]c1=S)N1CCCC1. The second-order valence-electron chi connectivity index (χ2n) is 5.08. The summed E-state index contributed by atoms with van der Waals surface area (Å²) in [5.74, 6) is 0.912. The number of H-pyrrole nitrogens is 1. The second kappa shape index (κ2) is 6.17. The average Bonchev–Trinajstić information content (AvgIpc) is 3.16. The Bertz CT molecular complexity index is 672. The van der Waals surface area contributed by atoms with Gasteiger partial charge in [-0.1, -0.05) is 0 Å². The maximum absolute atomic E-state index is 12.1. The molecular weight excluding hydrogens is 286 g/mol. The van der Waals surface area contributed by atoms with Crippen molar-refractivity contribution in [1.82, 2.24) is 24.6 Å². The van der Waals surface area contributed by atoms with Crippen LogP contribution in [0.3, 0.4) is 0 Å². The van der Waals surface area contributed by atoms with Crippen molar-refractivity contribution in [2.24, 2.45) is 0 Å². The monoisotopic (exact) mass is 303 g/mol. The van der Waals surface area contributed by atoms with Crippen LogP contribution in [0.5, 0.6) is 0 Å². The minimum Gasteiger partial charge on any atom is -0.343 e. The molecule has 1 saturated heterocycles. The van der Waals surface area contributed by atoms with Crippen molar-refractivity contribution < 1.29 is 4.79 Å². The van der Waals surface area contributed by atoms with Gasteiger partial charge >= 0.3 is 0 Å². The van der Waals surface area contributed by atoms with Crippen molar-refractivity contribution in [2.45, 2.75) is 25.8 Å². The largest absolute Gasteiger partial charge is 0.343 e. The summed E-state index contributed by atoms with van der Waals surface area (Å²) in [7, 11) is 0. The molecule has 1 aliphatic rings. The normalized spacial score (nSPS) is 14.6. The van der Waals surface area contributed by atoms with Crippen molar-refractivity contribution in [2.75, 3.05) is 13.1 Å². The molecule has 6 nitrogen and oxygen atoms in total. The molecule has 3 rings (SSSR count). The Morgan fingerprint density at radius 2 is 2.19 bits per heavy atom. The van der Waals surface area contributed by atoms with Gasteiger partial charge in [0.05, 0.1) is 0 Å². The highest BCUT2D eigenvalue weighted by molar-refractivity contribution is 7.71. The molecule has 21 heavy (non-hydrogen) atoms. The zero-order valence-corrected chi connectivity index (χ0v) is 12.5. The standard InChI is InChI=1S/C14H17N5OS/c20-12(18-7-1-2-8-18)5-9-19-13(16-17-14(19)21)11-4-3-6-15-10-11/h3-4,6,10H,1-2,5,7-9H2,(H,17,21). The van der Waals surface area contributed by atoms with E-state index in [0.29, 0.717) is 17.7 Å². The number of carbonyl (C=O) groups excluding carboxylic acids is 1. The number of pyridine rings is 1. The minimum absolute atomic E-state index is 0.188. The van der Waals surface area contributed by atoms with Crippen LogP contribution in [0.2, 0.25) is 0 Å².